The van der Waals surface area contributed by atoms with Crippen LogP contribution in [0.4, 0.5) is 0 Å². The highest BCUT2D eigenvalue weighted by atomic mass is 32.1. The Labute approximate surface area is 240 Å². The minimum atomic E-state index is -1.02. The molecule has 0 saturated carbocycles. The summed E-state index contributed by atoms with van der Waals surface area (Å²) in [5, 5.41) is 37.5. The second-order valence-electron chi connectivity index (χ2n) is 8.17. The third-order valence-electron chi connectivity index (χ3n) is 5.47. The van der Waals surface area contributed by atoms with E-state index in [1.54, 1.807) is 24.3 Å². The van der Waals surface area contributed by atoms with Gasteiger partial charge in [0.2, 0.25) is 0 Å². The van der Waals surface area contributed by atoms with E-state index >= 15 is 0 Å². The predicted octanol–water partition coefficient (Wildman–Crippen LogP) is 7.31. The first-order chi connectivity index (χ1) is 18.6. The Morgan fingerprint density at radius 1 is 0.487 bits per heavy atom. The molecular weight excluding hydrogens is 601 g/mol. The standard InChI is InChI=1S/C26H16O8S5/c27-21(28)9-11-7-19(13-1-5-17(35-13)25(31)32)38-23(11)15-3-4-16(37-15)24-12(10-22(29)30)8-20(39-24)14-2-6-18(36-14)26(33)34/h1-8H,9-10H2,(H,27,28)(H,29,30)(H,31,32)(H,33,34). The highest BCUT2D eigenvalue weighted by Crippen LogP contribution is 2.48. The van der Waals surface area contributed by atoms with Crippen LogP contribution in [0.1, 0.15) is 30.5 Å². The minimum absolute atomic E-state index is 0.193. The molecule has 0 radical (unpaired) electrons. The number of thiophene rings is 5. The lowest BCUT2D eigenvalue weighted by molar-refractivity contribution is -0.137. The highest BCUT2D eigenvalue weighted by molar-refractivity contribution is 7.30. The minimum Gasteiger partial charge on any atom is -0.481 e. The van der Waals surface area contributed by atoms with E-state index in [1.807, 2.05) is 12.1 Å². The normalized spacial score (nSPS) is 11.1. The molecule has 0 aliphatic heterocycles. The molecule has 0 unspecified atom stereocenters. The van der Waals surface area contributed by atoms with E-state index in [4.69, 9.17) is 0 Å². The fraction of sp³-hybridized carbons (Fsp3) is 0.0769. The fourth-order valence-corrected chi connectivity index (χ4v) is 9.37. The van der Waals surface area contributed by atoms with Gasteiger partial charge in [0.25, 0.3) is 0 Å². The number of aromatic carboxylic acids is 2. The first-order valence-electron chi connectivity index (χ1n) is 11.1. The van der Waals surface area contributed by atoms with Gasteiger partial charge in [-0.3, -0.25) is 9.59 Å². The summed E-state index contributed by atoms with van der Waals surface area (Å²) < 4.78 is 0. The molecule has 13 heteroatoms. The van der Waals surface area contributed by atoms with Crippen LogP contribution in [0.25, 0.3) is 39.0 Å². The smallest absolute Gasteiger partial charge is 0.345 e. The van der Waals surface area contributed by atoms with Gasteiger partial charge in [-0.15, -0.1) is 56.7 Å². The Bertz CT molecular complexity index is 1620. The molecule has 0 saturated heterocycles. The van der Waals surface area contributed by atoms with Gasteiger partial charge in [0.1, 0.15) is 9.75 Å². The molecule has 5 aromatic heterocycles. The molecule has 0 fully saturated rings. The first-order valence-corrected chi connectivity index (χ1v) is 15.1. The van der Waals surface area contributed by atoms with E-state index in [2.05, 4.69) is 0 Å². The Kier molecular flexibility index (Phi) is 7.51. The molecule has 4 N–H and O–H groups in total. The second kappa shape index (κ2) is 10.9. The molecule has 0 aliphatic rings. The zero-order chi connectivity index (χ0) is 27.8. The zero-order valence-electron chi connectivity index (χ0n) is 19.5. The van der Waals surface area contributed by atoms with Crippen LogP contribution >= 0.6 is 56.7 Å². The number of carboxylic acids is 4. The van der Waals surface area contributed by atoms with Gasteiger partial charge >= 0.3 is 23.9 Å². The Morgan fingerprint density at radius 3 is 1.21 bits per heavy atom. The molecular formula is C26H16O8S5. The van der Waals surface area contributed by atoms with Gasteiger partial charge in [0.05, 0.1) is 12.8 Å². The van der Waals surface area contributed by atoms with Crippen LogP contribution in [-0.4, -0.2) is 44.3 Å². The molecule has 39 heavy (non-hydrogen) atoms. The van der Waals surface area contributed by atoms with Crippen LogP contribution in [0.5, 0.6) is 0 Å². The van der Waals surface area contributed by atoms with E-state index in [0.717, 1.165) is 61.7 Å². The summed E-state index contributed by atoms with van der Waals surface area (Å²) in [7, 11) is 0. The number of aliphatic carboxylic acids is 2. The third-order valence-corrected chi connectivity index (χ3v) is 11.8. The van der Waals surface area contributed by atoms with Gasteiger partial charge in [-0.05, 0) is 59.7 Å². The van der Waals surface area contributed by atoms with Crippen molar-refractivity contribution in [3.05, 3.63) is 69.4 Å². The summed E-state index contributed by atoms with van der Waals surface area (Å²) in [6.07, 6.45) is -0.401. The largest absolute Gasteiger partial charge is 0.481 e. The van der Waals surface area contributed by atoms with Crippen molar-refractivity contribution in [3.63, 3.8) is 0 Å². The average Bonchev–Trinajstić information content (AvgIpc) is 3.67. The lowest BCUT2D eigenvalue weighted by Gasteiger charge is -1.99. The lowest BCUT2D eigenvalue weighted by atomic mass is 10.1. The van der Waals surface area contributed by atoms with Crippen molar-refractivity contribution in [2.75, 3.05) is 0 Å². The van der Waals surface area contributed by atoms with E-state index in [0.29, 0.717) is 11.1 Å². The van der Waals surface area contributed by atoms with Gasteiger partial charge in [-0.1, -0.05) is 0 Å². The Hall–Kier alpha value is -3.62. The summed E-state index contributed by atoms with van der Waals surface area (Å²) in [6, 6.07) is 13.8. The maximum Gasteiger partial charge on any atom is 0.345 e. The number of hydrogen-bond donors (Lipinski definition) is 4. The Morgan fingerprint density at radius 2 is 0.872 bits per heavy atom. The predicted molar refractivity (Wildman–Crippen MR) is 154 cm³/mol. The molecule has 0 aromatic carbocycles. The summed E-state index contributed by atoms with van der Waals surface area (Å²) in [4.78, 5) is 52.3. The van der Waals surface area contributed by atoms with Crippen molar-refractivity contribution < 1.29 is 39.6 Å². The van der Waals surface area contributed by atoms with E-state index < -0.39 is 23.9 Å². The molecule has 5 rings (SSSR count). The summed E-state index contributed by atoms with van der Waals surface area (Å²) in [5.74, 6) is -4.02. The molecule has 5 aromatic rings. The van der Waals surface area contributed by atoms with Gasteiger partial charge < -0.3 is 20.4 Å². The summed E-state index contributed by atoms with van der Waals surface area (Å²) in [5.41, 5.74) is 1.22. The SMILES string of the molecule is O=C(O)Cc1cc(-c2ccc(C(=O)O)s2)sc1-c1ccc(-c2sc(-c3ccc(C(=O)O)s3)cc2CC(=O)O)s1. The van der Waals surface area contributed by atoms with Gasteiger partial charge in [-0.2, -0.15) is 0 Å². The molecule has 0 amide bonds. The monoisotopic (exact) mass is 616 g/mol. The highest BCUT2D eigenvalue weighted by Gasteiger charge is 2.21. The molecule has 198 valence electrons. The average molecular weight is 617 g/mol. The zero-order valence-corrected chi connectivity index (χ0v) is 23.6. The Balaban J connectivity index is 1.54. The van der Waals surface area contributed by atoms with Gasteiger partial charge in [0, 0.05) is 39.0 Å². The molecule has 5 heterocycles. The molecule has 0 bridgehead atoms. The van der Waals surface area contributed by atoms with Crippen molar-refractivity contribution in [3.8, 4) is 39.0 Å². The second-order valence-corrected chi connectivity index (χ2v) is 13.5. The number of carboxylic acid groups (broad SMARTS) is 4. The fourth-order valence-electron chi connectivity index (χ4n) is 3.86. The van der Waals surface area contributed by atoms with Crippen LogP contribution in [0.2, 0.25) is 0 Å². The van der Waals surface area contributed by atoms with E-state index in [-0.39, 0.29) is 22.6 Å². The lowest BCUT2D eigenvalue weighted by Crippen LogP contribution is -1.99. The summed E-state index contributed by atoms with van der Waals surface area (Å²) >= 11 is 6.42. The maximum absolute atomic E-state index is 11.6. The van der Waals surface area contributed by atoms with Crippen LogP contribution in [0.15, 0.2) is 48.5 Å². The van der Waals surface area contributed by atoms with Crippen molar-refractivity contribution in [2.45, 2.75) is 12.8 Å². The molecule has 8 nitrogen and oxygen atoms in total. The van der Waals surface area contributed by atoms with Crippen molar-refractivity contribution >= 4 is 80.6 Å². The maximum atomic E-state index is 11.6. The topological polar surface area (TPSA) is 149 Å². The van der Waals surface area contributed by atoms with Crippen LogP contribution in [-0.2, 0) is 22.4 Å². The van der Waals surface area contributed by atoms with E-state index in [9.17, 15) is 39.6 Å². The van der Waals surface area contributed by atoms with Gasteiger partial charge in [-0.25, -0.2) is 9.59 Å². The number of hydrogen-bond acceptors (Lipinski definition) is 9. The van der Waals surface area contributed by atoms with Crippen LogP contribution in [0, 0.1) is 0 Å². The molecule has 0 spiro atoms. The number of carbonyl (C=O) groups is 4. The van der Waals surface area contributed by atoms with Crippen LogP contribution in [0.3, 0.4) is 0 Å². The quantitative estimate of drug-likeness (QED) is 0.128. The van der Waals surface area contributed by atoms with E-state index in [1.165, 1.54) is 46.1 Å². The number of rotatable bonds is 10. The summed E-state index contributed by atoms with van der Waals surface area (Å²) in [6.45, 7) is 0. The van der Waals surface area contributed by atoms with Gasteiger partial charge in [0.15, 0.2) is 0 Å². The van der Waals surface area contributed by atoms with Crippen molar-refractivity contribution in [1.29, 1.82) is 0 Å². The van der Waals surface area contributed by atoms with Crippen LogP contribution < -0.4 is 0 Å². The van der Waals surface area contributed by atoms with Crippen molar-refractivity contribution in [1.82, 2.24) is 0 Å². The van der Waals surface area contributed by atoms with Crippen molar-refractivity contribution in [2.24, 2.45) is 0 Å². The third kappa shape index (κ3) is 5.72. The first kappa shape index (κ1) is 27.0. The molecule has 0 atom stereocenters. The molecule has 0 aliphatic carbocycles.